The topological polar surface area (TPSA) is 79.6 Å². The van der Waals surface area contributed by atoms with Crippen molar-refractivity contribution in [2.75, 3.05) is 20.6 Å². The Kier molecular flexibility index (Phi) is 6.36. The molecule has 3 rings (SSSR count). The van der Waals surface area contributed by atoms with Crippen molar-refractivity contribution in [3.63, 3.8) is 0 Å². The van der Waals surface area contributed by atoms with E-state index in [2.05, 4.69) is 32.9 Å². The standard InChI is InChI=1S/C22H33N5O2/c1-22(2,3)16(20(28)23-4)13-24-21(29)18-17-14-26(5)11-12-27(17)19(25-18)15-9-7-6-8-10-15/h9,13,16H,6-8,10-12,14H2,1-5H3,(H,23,28). The Bertz CT molecular complexity index is 844. The number of nitrogens with zero attached hydrogens (tertiary/aromatic N) is 4. The molecule has 1 aromatic heterocycles. The van der Waals surface area contributed by atoms with Crippen molar-refractivity contribution < 1.29 is 9.59 Å². The van der Waals surface area contributed by atoms with Crippen molar-refractivity contribution in [1.29, 1.82) is 0 Å². The molecule has 0 spiro atoms. The molecule has 0 saturated heterocycles. The first-order valence-electron chi connectivity index (χ1n) is 10.5. The number of nitrogens with one attached hydrogen (secondary N) is 1. The molecule has 1 unspecified atom stereocenters. The van der Waals surface area contributed by atoms with Gasteiger partial charge in [0.1, 0.15) is 5.82 Å². The van der Waals surface area contributed by atoms with Crippen LogP contribution in [0, 0.1) is 11.3 Å². The number of rotatable bonds is 4. The number of likely N-dealkylation sites (N-methyl/N-ethyl adjacent to an activating group) is 1. The fourth-order valence-electron chi connectivity index (χ4n) is 3.99. The predicted octanol–water partition coefficient (Wildman–Crippen LogP) is 2.91. The zero-order valence-electron chi connectivity index (χ0n) is 18.3. The summed E-state index contributed by atoms with van der Waals surface area (Å²) in [6.07, 6.45) is 8.19. The van der Waals surface area contributed by atoms with Gasteiger partial charge in [-0.05, 0) is 43.7 Å². The summed E-state index contributed by atoms with van der Waals surface area (Å²) in [5.74, 6) is -0.0818. The van der Waals surface area contributed by atoms with E-state index < -0.39 is 5.92 Å². The monoisotopic (exact) mass is 399 g/mol. The molecular formula is C22H33N5O2. The number of amides is 2. The molecule has 0 fully saturated rings. The molecule has 0 radical (unpaired) electrons. The number of imidazole rings is 1. The lowest BCUT2D eigenvalue weighted by Crippen LogP contribution is -2.37. The average molecular weight is 400 g/mol. The molecule has 0 aromatic carbocycles. The molecule has 1 aliphatic heterocycles. The SMILES string of the molecule is CNC(=O)C(C=NC(=O)c1nc(C2=CCCCC2)n2c1CN(C)CC2)C(C)(C)C. The summed E-state index contributed by atoms with van der Waals surface area (Å²) in [5, 5.41) is 2.66. The van der Waals surface area contributed by atoms with Crippen LogP contribution in [-0.2, 0) is 17.9 Å². The van der Waals surface area contributed by atoms with Crippen LogP contribution in [0.15, 0.2) is 11.1 Å². The van der Waals surface area contributed by atoms with Crippen LogP contribution in [0.1, 0.15) is 68.5 Å². The third-order valence-corrected chi connectivity index (χ3v) is 5.78. The molecule has 1 aromatic rings. The smallest absolute Gasteiger partial charge is 0.297 e. The highest BCUT2D eigenvalue weighted by molar-refractivity contribution is 6.03. The Labute approximate surface area is 173 Å². The Balaban J connectivity index is 1.95. The highest BCUT2D eigenvalue weighted by Crippen LogP contribution is 2.30. The fourth-order valence-corrected chi connectivity index (χ4v) is 3.99. The van der Waals surface area contributed by atoms with E-state index in [-0.39, 0.29) is 17.2 Å². The van der Waals surface area contributed by atoms with Gasteiger partial charge in [0.05, 0.1) is 11.6 Å². The molecule has 0 saturated carbocycles. The van der Waals surface area contributed by atoms with Crippen LogP contribution in [-0.4, -0.2) is 53.1 Å². The van der Waals surface area contributed by atoms with Crippen LogP contribution in [0.25, 0.3) is 5.57 Å². The van der Waals surface area contributed by atoms with Gasteiger partial charge in [-0.1, -0.05) is 26.8 Å². The van der Waals surface area contributed by atoms with E-state index in [4.69, 9.17) is 4.98 Å². The van der Waals surface area contributed by atoms with E-state index in [1.54, 1.807) is 7.05 Å². The molecule has 7 nitrogen and oxygen atoms in total. The minimum Gasteiger partial charge on any atom is -0.359 e. The van der Waals surface area contributed by atoms with E-state index in [0.29, 0.717) is 12.2 Å². The maximum Gasteiger partial charge on any atom is 0.297 e. The molecule has 1 aliphatic carbocycles. The van der Waals surface area contributed by atoms with Crippen LogP contribution in [0.5, 0.6) is 0 Å². The minimum absolute atomic E-state index is 0.145. The van der Waals surface area contributed by atoms with E-state index >= 15 is 0 Å². The van der Waals surface area contributed by atoms with E-state index in [9.17, 15) is 9.59 Å². The molecule has 29 heavy (non-hydrogen) atoms. The molecule has 1 N–H and O–H groups in total. The van der Waals surface area contributed by atoms with Crippen molar-refractivity contribution in [3.8, 4) is 0 Å². The third kappa shape index (κ3) is 4.66. The normalized spacial score (nSPS) is 19.0. The molecule has 0 bridgehead atoms. The first-order valence-corrected chi connectivity index (χ1v) is 10.5. The molecule has 1 atom stereocenters. The van der Waals surface area contributed by atoms with Gasteiger partial charge < -0.3 is 9.88 Å². The largest absolute Gasteiger partial charge is 0.359 e. The van der Waals surface area contributed by atoms with Crippen molar-refractivity contribution in [2.24, 2.45) is 16.3 Å². The first-order chi connectivity index (χ1) is 13.7. The summed E-state index contributed by atoms with van der Waals surface area (Å²) in [5.41, 5.74) is 2.24. The van der Waals surface area contributed by atoms with Crippen LogP contribution in [0.2, 0.25) is 0 Å². The number of allylic oxidation sites excluding steroid dienone is 2. The maximum atomic E-state index is 13.0. The lowest BCUT2D eigenvalue weighted by molar-refractivity contribution is -0.124. The van der Waals surface area contributed by atoms with Crippen LogP contribution < -0.4 is 5.32 Å². The number of aromatic nitrogens is 2. The highest BCUT2D eigenvalue weighted by Gasteiger charge is 2.31. The summed E-state index contributed by atoms with van der Waals surface area (Å²) in [4.78, 5) is 36.4. The first kappa shape index (κ1) is 21.4. The second-order valence-electron chi connectivity index (χ2n) is 9.14. The summed E-state index contributed by atoms with van der Waals surface area (Å²) in [6, 6.07) is 0. The second kappa shape index (κ2) is 8.61. The van der Waals surface area contributed by atoms with E-state index in [0.717, 1.165) is 43.9 Å². The highest BCUT2D eigenvalue weighted by atomic mass is 16.2. The van der Waals surface area contributed by atoms with Gasteiger partial charge in [0.25, 0.3) is 5.91 Å². The summed E-state index contributed by atoms with van der Waals surface area (Å²) >= 11 is 0. The fraction of sp³-hybridized carbons (Fsp3) is 0.636. The Morgan fingerprint density at radius 3 is 2.66 bits per heavy atom. The van der Waals surface area contributed by atoms with Gasteiger partial charge >= 0.3 is 0 Å². The minimum atomic E-state index is -0.488. The summed E-state index contributed by atoms with van der Waals surface area (Å²) in [6.45, 7) is 8.32. The van der Waals surface area contributed by atoms with Crippen LogP contribution in [0.3, 0.4) is 0 Å². The third-order valence-electron chi connectivity index (χ3n) is 5.78. The van der Waals surface area contributed by atoms with Gasteiger partial charge in [-0.25, -0.2) is 9.98 Å². The molecule has 2 aliphatic rings. The Morgan fingerprint density at radius 2 is 2.03 bits per heavy atom. The van der Waals surface area contributed by atoms with Crippen molar-refractivity contribution in [1.82, 2.24) is 19.8 Å². The number of carbonyl (C=O) groups excluding carboxylic acids is 2. The Morgan fingerprint density at radius 1 is 1.28 bits per heavy atom. The second-order valence-corrected chi connectivity index (χ2v) is 9.14. The molecular weight excluding hydrogens is 366 g/mol. The number of fused-ring (bicyclic) bond motifs is 1. The van der Waals surface area contributed by atoms with Gasteiger partial charge in [-0.2, -0.15) is 0 Å². The quantitative estimate of drug-likeness (QED) is 0.790. The number of hydrogen-bond acceptors (Lipinski definition) is 4. The van der Waals surface area contributed by atoms with Crippen LogP contribution in [0.4, 0.5) is 0 Å². The van der Waals surface area contributed by atoms with Crippen molar-refractivity contribution in [2.45, 2.75) is 59.5 Å². The molecule has 158 valence electrons. The van der Waals surface area contributed by atoms with Gasteiger partial charge in [0.2, 0.25) is 5.91 Å². The van der Waals surface area contributed by atoms with Gasteiger partial charge in [0.15, 0.2) is 5.69 Å². The van der Waals surface area contributed by atoms with Crippen molar-refractivity contribution >= 4 is 23.6 Å². The van der Waals surface area contributed by atoms with Crippen LogP contribution >= 0.6 is 0 Å². The zero-order chi connectivity index (χ0) is 21.2. The Hall–Kier alpha value is -2.28. The van der Waals surface area contributed by atoms with Gasteiger partial charge in [-0.3, -0.25) is 14.5 Å². The van der Waals surface area contributed by atoms with Gasteiger partial charge in [-0.15, -0.1) is 0 Å². The zero-order valence-corrected chi connectivity index (χ0v) is 18.3. The van der Waals surface area contributed by atoms with Gasteiger partial charge in [0, 0.05) is 32.9 Å². The molecule has 2 amide bonds. The summed E-state index contributed by atoms with van der Waals surface area (Å²) < 4.78 is 2.19. The lowest BCUT2D eigenvalue weighted by atomic mass is 9.81. The summed E-state index contributed by atoms with van der Waals surface area (Å²) in [7, 11) is 3.65. The van der Waals surface area contributed by atoms with Crippen molar-refractivity contribution in [3.05, 3.63) is 23.3 Å². The molecule has 7 heteroatoms. The maximum absolute atomic E-state index is 13.0. The molecule has 2 heterocycles. The number of hydrogen-bond donors (Lipinski definition) is 1. The average Bonchev–Trinajstić information content (AvgIpc) is 3.06. The number of aliphatic imine (C=N–C) groups is 1. The lowest BCUT2D eigenvalue weighted by Gasteiger charge is -2.26. The predicted molar refractivity (Wildman–Crippen MR) is 115 cm³/mol. The van der Waals surface area contributed by atoms with E-state index in [1.807, 2.05) is 20.8 Å². The number of carbonyl (C=O) groups is 2. The van der Waals surface area contributed by atoms with E-state index in [1.165, 1.54) is 18.2 Å².